The van der Waals surface area contributed by atoms with Crippen molar-refractivity contribution in [2.75, 3.05) is 0 Å². The second kappa shape index (κ2) is 9.82. The van der Waals surface area contributed by atoms with Gasteiger partial charge in [-0.1, -0.05) is 61.9 Å². The molecule has 0 aliphatic carbocycles. The van der Waals surface area contributed by atoms with Gasteiger partial charge < -0.3 is 10.4 Å². The zero-order valence-electron chi connectivity index (χ0n) is 17.7. The molecule has 3 N–H and O–H groups in total. The average Bonchev–Trinajstić information content (AvgIpc) is 3.47. The molecule has 0 atom stereocenters. The number of unbranched alkanes of at least 4 members (excludes halogenated alkanes) is 1. The van der Waals surface area contributed by atoms with Gasteiger partial charge in [0, 0.05) is 12.0 Å². The molecular weight excluding hydrogens is 408 g/mol. The molecule has 0 aliphatic rings. The summed E-state index contributed by atoms with van der Waals surface area (Å²) in [6.07, 6.45) is 1.75. The van der Waals surface area contributed by atoms with Gasteiger partial charge in [0.15, 0.2) is 11.6 Å². The third kappa shape index (κ3) is 4.97. The van der Waals surface area contributed by atoms with Crippen LogP contribution in [-0.4, -0.2) is 46.6 Å². The van der Waals surface area contributed by atoms with Crippen LogP contribution in [0, 0.1) is 0 Å². The van der Waals surface area contributed by atoms with E-state index in [-0.39, 0.29) is 6.54 Å². The number of nitrogens with zero attached hydrogens (tertiary/aromatic N) is 6. The van der Waals surface area contributed by atoms with Crippen molar-refractivity contribution in [3.63, 3.8) is 0 Å². The fraction of sp³-hybridized carbons (Fsp3) is 0.273. The molecule has 1 amide bonds. The van der Waals surface area contributed by atoms with Gasteiger partial charge in [-0.2, -0.15) is 5.10 Å². The van der Waals surface area contributed by atoms with Crippen molar-refractivity contribution < 1.29 is 9.90 Å². The lowest BCUT2D eigenvalue weighted by atomic mass is 9.98. The van der Waals surface area contributed by atoms with Crippen LogP contribution in [0.25, 0.3) is 22.5 Å². The Kier molecular flexibility index (Phi) is 6.49. The van der Waals surface area contributed by atoms with Gasteiger partial charge in [-0.05, 0) is 33.5 Å². The molecule has 32 heavy (non-hydrogen) atoms. The van der Waals surface area contributed by atoms with Crippen molar-refractivity contribution in [1.82, 2.24) is 40.7 Å². The van der Waals surface area contributed by atoms with Crippen molar-refractivity contribution in [2.45, 2.75) is 39.3 Å². The maximum atomic E-state index is 10.8. The minimum atomic E-state index is -1.09. The van der Waals surface area contributed by atoms with Crippen molar-refractivity contribution in [2.24, 2.45) is 0 Å². The SMILES string of the molecule is CCCCc1nc(CNC(=O)O)nn1Cc1ccc(-c2ccccc2-c2nnn[nH]2)cc1. The van der Waals surface area contributed by atoms with Crippen molar-refractivity contribution in [3.05, 3.63) is 65.7 Å². The molecule has 10 nitrogen and oxygen atoms in total. The van der Waals surface area contributed by atoms with Crippen LogP contribution in [0.4, 0.5) is 4.79 Å². The molecule has 0 aliphatic heterocycles. The number of carbonyl (C=O) groups is 1. The Morgan fingerprint density at radius 3 is 2.59 bits per heavy atom. The first-order chi connectivity index (χ1) is 15.6. The molecule has 0 saturated carbocycles. The molecular formula is C22H24N8O2. The first-order valence-electron chi connectivity index (χ1n) is 10.5. The summed E-state index contributed by atoms with van der Waals surface area (Å²) in [5.41, 5.74) is 4.09. The lowest BCUT2D eigenvalue weighted by molar-refractivity contribution is 0.193. The zero-order valence-corrected chi connectivity index (χ0v) is 17.7. The second-order valence-electron chi connectivity index (χ2n) is 7.36. The van der Waals surface area contributed by atoms with E-state index >= 15 is 0 Å². The van der Waals surface area contributed by atoms with Gasteiger partial charge in [0.1, 0.15) is 5.82 Å². The normalized spacial score (nSPS) is 10.9. The summed E-state index contributed by atoms with van der Waals surface area (Å²) in [6, 6.07) is 16.2. The summed E-state index contributed by atoms with van der Waals surface area (Å²) in [6.45, 7) is 2.78. The maximum absolute atomic E-state index is 10.8. The smallest absolute Gasteiger partial charge is 0.405 e. The summed E-state index contributed by atoms with van der Waals surface area (Å²) in [4.78, 5) is 15.3. The third-order valence-corrected chi connectivity index (χ3v) is 5.07. The van der Waals surface area contributed by atoms with Gasteiger partial charge in [-0.3, -0.25) is 0 Å². The van der Waals surface area contributed by atoms with Crippen LogP contribution in [0.15, 0.2) is 48.5 Å². The highest BCUT2D eigenvalue weighted by molar-refractivity contribution is 5.80. The second-order valence-corrected chi connectivity index (χ2v) is 7.36. The van der Waals surface area contributed by atoms with E-state index in [0.29, 0.717) is 18.2 Å². The van der Waals surface area contributed by atoms with E-state index in [1.807, 2.05) is 28.9 Å². The zero-order chi connectivity index (χ0) is 22.3. The maximum Gasteiger partial charge on any atom is 0.405 e. The summed E-state index contributed by atoms with van der Waals surface area (Å²) >= 11 is 0. The fourth-order valence-corrected chi connectivity index (χ4v) is 3.48. The van der Waals surface area contributed by atoms with E-state index in [9.17, 15) is 4.79 Å². The highest BCUT2D eigenvalue weighted by atomic mass is 16.4. The van der Waals surface area contributed by atoms with Crippen LogP contribution >= 0.6 is 0 Å². The molecule has 0 fully saturated rings. The summed E-state index contributed by atoms with van der Waals surface area (Å²) in [7, 11) is 0. The monoisotopic (exact) mass is 432 g/mol. The fourth-order valence-electron chi connectivity index (χ4n) is 3.48. The largest absolute Gasteiger partial charge is 0.465 e. The van der Waals surface area contributed by atoms with Gasteiger partial charge >= 0.3 is 6.09 Å². The van der Waals surface area contributed by atoms with Gasteiger partial charge in [-0.25, -0.2) is 19.6 Å². The van der Waals surface area contributed by atoms with Crippen LogP contribution in [0.3, 0.4) is 0 Å². The third-order valence-electron chi connectivity index (χ3n) is 5.07. The average molecular weight is 432 g/mol. The Morgan fingerprint density at radius 2 is 1.91 bits per heavy atom. The molecule has 4 aromatic rings. The molecule has 2 heterocycles. The Hall–Kier alpha value is -4.08. The van der Waals surface area contributed by atoms with E-state index < -0.39 is 6.09 Å². The molecule has 0 bridgehead atoms. The molecule has 164 valence electrons. The van der Waals surface area contributed by atoms with Crippen LogP contribution in [-0.2, 0) is 19.5 Å². The number of benzene rings is 2. The minimum absolute atomic E-state index is 0.0909. The highest BCUT2D eigenvalue weighted by Gasteiger charge is 2.13. The van der Waals surface area contributed by atoms with Gasteiger partial charge in [-0.15, -0.1) is 5.10 Å². The van der Waals surface area contributed by atoms with E-state index in [0.717, 1.165) is 47.3 Å². The first kappa shape index (κ1) is 21.2. The number of aromatic amines is 1. The molecule has 10 heteroatoms. The summed E-state index contributed by atoms with van der Waals surface area (Å²) < 4.78 is 1.86. The van der Waals surface area contributed by atoms with Gasteiger partial charge in [0.05, 0.1) is 13.1 Å². The number of rotatable bonds is 9. The number of aryl methyl sites for hydroxylation is 1. The number of tetrazole rings is 1. The Bertz CT molecular complexity index is 1170. The van der Waals surface area contributed by atoms with E-state index in [2.05, 4.69) is 67.2 Å². The molecule has 0 radical (unpaired) electrons. The molecule has 0 saturated heterocycles. The summed E-state index contributed by atoms with van der Waals surface area (Å²) in [5, 5.41) is 29.9. The van der Waals surface area contributed by atoms with E-state index in [4.69, 9.17) is 5.11 Å². The number of hydrogen-bond acceptors (Lipinski definition) is 6. The van der Waals surface area contributed by atoms with Gasteiger partial charge in [0.25, 0.3) is 0 Å². The van der Waals surface area contributed by atoms with Crippen molar-refractivity contribution >= 4 is 6.09 Å². The van der Waals surface area contributed by atoms with E-state index in [1.54, 1.807) is 0 Å². The number of nitrogens with one attached hydrogen (secondary N) is 2. The number of carboxylic acid groups (broad SMARTS) is 1. The molecule has 0 spiro atoms. The lowest BCUT2D eigenvalue weighted by Crippen LogP contribution is -2.20. The van der Waals surface area contributed by atoms with Crippen LogP contribution in [0.1, 0.15) is 37.0 Å². The van der Waals surface area contributed by atoms with Crippen LogP contribution in [0.2, 0.25) is 0 Å². The van der Waals surface area contributed by atoms with Crippen LogP contribution in [0.5, 0.6) is 0 Å². The molecule has 0 unspecified atom stereocenters. The Labute approximate surface area is 184 Å². The number of amides is 1. The summed E-state index contributed by atoms with van der Waals surface area (Å²) in [5.74, 6) is 1.96. The predicted octanol–water partition coefficient (Wildman–Crippen LogP) is 3.28. The Balaban J connectivity index is 1.55. The van der Waals surface area contributed by atoms with Crippen molar-refractivity contribution in [1.29, 1.82) is 0 Å². The predicted molar refractivity (Wildman–Crippen MR) is 118 cm³/mol. The number of hydrogen-bond donors (Lipinski definition) is 3. The quantitative estimate of drug-likeness (QED) is 0.369. The first-order valence-corrected chi connectivity index (χ1v) is 10.5. The Morgan fingerprint density at radius 1 is 1.12 bits per heavy atom. The molecule has 4 rings (SSSR count). The van der Waals surface area contributed by atoms with Crippen LogP contribution < -0.4 is 5.32 Å². The topological polar surface area (TPSA) is 134 Å². The lowest BCUT2D eigenvalue weighted by Gasteiger charge is -2.09. The van der Waals surface area contributed by atoms with Crippen molar-refractivity contribution in [3.8, 4) is 22.5 Å². The molecule has 2 aromatic carbocycles. The van der Waals surface area contributed by atoms with E-state index in [1.165, 1.54) is 0 Å². The number of aromatic nitrogens is 7. The van der Waals surface area contributed by atoms with Gasteiger partial charge in [0.2, 0.25) is 0 Å². The standard InChI is InChI=1S/C22H24N8O2/c1-2-3-8-20-24-19(13-23-22(31)32)27-30(20)14-15-9-11-16(12-10-15)17-6-4-5-7-18(17)21-25-28-29-26-21/h4-7,9-12,23H,2-3,8,13-14H2,1H3,(H,31,32)(H,25,26,28,29). The minimum Gasteiger partial charge on any atom is -0.465 e. The number of H-pyrrole nitrogens is 1. The molecule has 2 aromatic heterocycles. The highest BCUT2D eigenvalue weighted by Crippen LogP contribution is 2.29.